The molecule has 0 aliphatic carbocycles. The van der Waals surface area contributed by atoms with E-state index in [1.54, 1.807) is 53.2 Å². The van der Waals surface area contributed by atoms with Crippen molar-refractivity contribution in [3.8, 4) is 11.8 Å². The van der Waals surface area contributed by atoms with Gasteiger partial charge in [0.05, 0.1) is 10.6 Å². The van der Waals surface area contributed by atoms with Gasteiger partial charge in [0.25, 0.3) is 0 Å². The molecular weight excluding hydrogens is 439 g/mol. The maximum absolute atomic E-state index is 13.0. The number of nitrogens with zero attached hydrogens (tertiary/aromatic N) is 2. The Kier molecular flexibility index (Phi) is 6.21. The zero-order valence-corrected chi connectivity index (χ0v) is 19.2. The first-order chi connectivity index (χ1) is 15.7. The van der Waals surface area contributed by atoms with Gasteiger partial charge in [0.1, 0.15) is 5.82 Å². The van der Waals surface area contributed by atoms with E-state index in [0.717, 1.165) is 27.9 Å². The molecule has 168 valence electrons. The van der Waals surface area contributed by atoms with E-state index in [-0.39, 0.29) is 16.7 Å². The number of fused-ring (bicyclic) bond motifs is 1. The van der Waals surface area contributed by atoms with Crippen LogP contribution < -0.4 is 4.90 Å². The smallest absolute Gasteiger partial charge is 0.316 e. The fourth-order valence-corrected chi connectivity index (χ4v) is 4.37. The zero-order chi connectivity index (χ0) is 23.6. The van der Waals surface area contributed by atoms with Gasteiger partial charge in [0.2, 0.25) is 0 Å². The summed E-state index contributed by atoms with van der Waals surface area (Å²) in [5.74, 6) is 6.00. The van der Waals surface area contributed by atoms with Gasteiger partial charge in [0.15, 0.2) is 9.84 Å². The van der Waals surface area contributed by atoms with Crippen LogP contribution in [0.1, 0.15) is 22.3 Å². The number of hydrogen-bond donors (Lipinski definition) is 0. The molecule has 0 atom stereocenters. The second-order valence-electron chi connectivity index (χ2n) is 8.06. The van der Waals surface area contributed by atoms with Crippen molar-refractivity contribution in [2.24, 2.45) is 0 Å². The Morgan fingerprint density at radius 3 is 2.30 bits per heavy atom. The SMILES string of the molecule is CN1C(=O)N(Cc2ccc(S(C)(=O)=O)cc2)Cc2cc(C#CCc3ccc(F)cc3)ccc21. The summed E-state index contributed by atoms with van der Waals surface area (Å²) in [6.45, 7) is 0.799. The van der Waals surface area contributed by atoms with Crippen LogP contribution in [0.5, 0.6) is 0 Å². The first-order valence-electron chi connectivity index (χ1n) is 10.4. The largest absolute Gasteiger partial charge is 0.324 e. The minimum absolute atomic E-state index is 0.121. The summed E-state index contributed by atoms with van der Waals surface area (Å²) in [5.41, 5.74) is 4.46. The number of benzene rings is 3. The molecule has 33 heavy (non-hydrogen) atoms. The molecule has 1 aliphatic rings. The summed E-state index contributed by atoms with van der Waals surface area (Å²) >= 11 is 0. The van der Waals surface area contributed by atoms with Crippen LogP contribution in [-0.2, 0) is 29.3 Å². The van der Waals surface area contributed by atoms with Crippen molar-refractivity contribution < 1.29 is 17.6 Å². The van der Waals surface area contributed by atoms with Crippen molar-refractivity contribution in [3.05, 3.63) is 94.8 Å². The highest BCUT2D eigenvalue weighted by Gasteiger charge is 2.27. The van der Waals surface area contributed by atoms with Crippen molar-refractivity contribution in [1.29, 1.82) is 0 Å². The molecule has 0 bridgehead atoms. The van der Waals surface area contributed by atoms with Crippen LogP contribution in [0.15, 0.2) is 71.6 Å². The van der Waals surface area contributed by atoms with Gasteiger partial charge < -0.3 is 4.90 Å². The molecular formula is C26H23FN2O3S. The predicted octanol–water partition coefficient (Wildman–Crippen LogP) is 4.40. The average Bonchev–Trinajstić information content (AvgIpc) is 2.78. The fraction of sp³-hybridized carbons (Fsp3) is 0.192. The first-order valence-corrected chi connectivity index (χ1v) is 12.3. The maximum atomic E-state index is 13.0. The number of anilines is 1. The van der Waals surface area contributed by atoms with Gasteiger partial charge in [-0.2, -0.15) is 0 Å². The minimum atomic E-state index is -3.26. The third-order valence-electron chi connectivity index (χ3n) is 5.52. The Balaban J connectivity index is 1.50. The molecule has 0 saturated carbocycles. The van der Waals surface area contributed by atoms with E-state index in [9.17, 15) is 17.6 Å². The summed E-state index contributed by atoms with van der Waals surface area (Å²) in [7, 11) is -1.53. The number of amides is 2. The van der Waals surface area contributed by atoms with Gasteiger partial charge in [-0.3, -0.25) is 4.90 Å². The third-order valence-corrected chi connectivity index (χ3v) is 6.65. The van der Waals surface area contributed by atoms with Crippen molar-refractivity contribution >= 4 is 21.6 Å². The van der Waals surface area contributed by atoms with Crippen LogP contribution in [0.3, 0.4) is 0 Å². The van der Waals surface area contributed by atoms with Gasteiger partial charge in [-0.05, 0) is 59.2 Å². The molecule has 0 N–H and O–H groups in total. The Labute approximate surface area is 193 Å². The van der Waals surface area contributed by atoms with E-state index >= 15 is 0 Å². The Hall–Kier alpha value is -3.63. The van der Waals surface area contributed by atoms with E-state index < -0.39 is 9.84 Å². The third kappa shape index (κ3) is 5.24. The van der Waals surface area contributed by atoms with Crippen LogP contribution in [0.2, 0.25) is 0 Å². The zero-order valence-electron chi connectivity index (χ0n) is 18.4. The minimum Gasteiger partial charge on any atom is -0.316 e. The van der Waals surface area contributed by atoms with E-state index in [1.165, 1.54) is 18.4 Å². The van der Waals surface area contributed by atoms with E-state index in [2.05, 4.69) is 11.8 Å². The van der Waals surface area contributed by atoms with Crippen molar-refractivity contribution in [2.75, 3.05) is 18.2 Å². The van der Waals surface area contributed by atoms with Crippen molar-refractivity contribution in [2.45, 2.75) is 24.4 Å². The molecule has 0 unspecified atom stereocenters. The first kappa shape index (κ1) is 22.6. The highest BCUT2D eigenvalue weighted by molar-refractivity contribution is 7.90. The monoisotopic (exact) mass is 462 g/mol. The van der Waals surface area contributed by atoms with Gasteiger partial charge in [-0.25, -0.2) is 17.6 Å². The number of halogens is 1. The van der Waals surface area contributed by atoms with Crippen molar-refractivity contribution in [1.82, 2.24) is 4.90 Å². The van der Waals surface area contributed by atoms with Crippen LogP contribution in [0.25, 0.3) is 0 Å². The molecule has 5 nitrogen and oxygen atoms in total. The lowest BCUT2D eigenvalue weighted by Crippen LogP contribution is -2.44. The summed E-state index contributed by atoms with van der Waals surface area (Å²) in [4.78, 5) is 16.4. The predicted molar refractivity (Wildman–Crippen MR) is 126 cm³/mol. The molecule has 0 fully saturated rings. The molecule has 0 saturated heterocycles. The number of rotatable bonds is 4. The van der Waals surface area contributed by atoms with Gasteiger partial charge >= 0.3 is 6.03 Å². The van der Waals surface area contributed by atoms with E-state index in [0.29, 0.717) is 19.5 Å². The fourth-order valence-electron chi connectivity index (χ4n) is 3.74. The van der Waals surface area contributed by atoms with Crippen LogP contribution in [0, 0.1) is 17.7 Å². The highest BCUT2D eigenvalue weighted by Crippen LogP contribution is 2.29. The quantitative estimate of drug-likeness (QED) is 0.540. The Morgan fingerprint density at radius 1 is 0.970 bits per heavy atom. The molecule has 2 amide bonds. The molecule has 1 heterocycles. The molecule has 3 aromatic carbocycles. The van der Waals surface area contributed by atoms with Gasteiger partial charge in [-0.1, -0.05) is 36.1 Å². The summed E-state index contributed by atoms with van der Waals surface area (Å²) < 4.78 is 36.4. The number of sulfone groups is 1. The molecule has 0 spiro atoms. The second-order valence-corrected chi connectivity index (χ2v) is 10.1. The molecule has 3 aromatic rings. The molecule has 0 radical (unpaired) electrons. The number of urea groups is 1. The van der Waals surface area contributed by atoms with Gasteiger partial charge in [0, 0.05) is 38.4 Å². The summed E-state index contributed by atoms with van der Waals surface area (Å²) in [6, 6.07) is 18.5. The molecule has 7 heteroatoms. The average molecular weight is 463 g/mol. The lowest BCUT2D eigenvalue weighted by Gasteiger charge is -2.35. The van der Waals surface area contributed by atoms with E-state index in [1.807, 2.05) is 18.2 Å². The van der Waals surface area contributed by atoms with Crippen LogP contribution in [-0.4, -0.2) is 32.7 Å². The maximum Gasteiger partial charge on any atom is 0.324 e. The lowest BCUT2D eigenvalue weighted by atomic mass is 10.0. The summed E-state index contributed by atoms with van der Waals surface area (Å²) in [6.07, 6.45) is 1.69. The Morgan fingerprint density at radius 2 is 1.64 bits per heavy atom. The second kappa shape index (κ2) is 9.08. The Bertz CT molecular complexity index is 1360. The highest BCUT2D eigenvalue weighted by atomic mass is 32.2. The normalized spacial score (nSPS) is 13.4. The molecule has 1 aliphatic heterocycles. The standard InChI is InChI=1S/C26H23FN2O3S/c1-28-25-15-10-20(5-3-4-19-6-11-23(27)12-7-19)16-22(25)18-29(26(28)30)17-21-8-13-24(14-9-21)33(2,31)32/h6-16H,4,17-18H2,1-2H3. The topological polar surface area (TPSA) is 57.7 Å². The van der Waals surface area contributed by atoms with Crippen molar-refractivity contribution in [3.63, 3.8) is 0 Å². The number of carbonyl (C=O) groups is 1. The number of carbonyl (C=O) groups excluding carboxylic acids is 1. The lowest BCUT2D eigenvalue weighted by molar-refractivity contribution is 0.197. The molecule has 4 rings (SSSR count). The number of hydrogen-bond acceptors (Lipinski definition) is 3. The van der Waals surface area contributed by atoms with Crippen LogP contribution in [0.4, 0.5) is 14.9 Å². The van der Waals surface area contributed by atoms with Crippen LogP contribution >= 0.6 is 0 Å². The molecule has 0 aromatic heterocycles. The summed E-state index contributed by atoms with van der Waals surface area (Å²) in [5, 5.41) is 0. The van der Waals surface area contributed by atoms with E-state index in [4.69, 9.17) is 0 Å². The van der Waals surface area contributed by atoms with Gasteiger partial charge in [-0.15, -0.1) is 0 Å².